The summed E-state index contributed by atoms with van der Waals surface area (Å²) in [5.74, 6) is 0.570. The number of rotatable bonds is 7. The molecular weight excluding hydrogens is 416 g/mol. The fourth-order valence-corrected chi connectivity index (χ4v) is 4.37. The van der Waals surface area contributed by atoms with Crippen LogP contribution in [-0.2, 0) is 0 Å². The molecule has 1 aromatic heterocycles. The third-order valence-corrected chi connectivity index (χ3v) is 6.12. The summed E-state index contributed by atoms with van der Waals surface area (Å²) in [5.41, 5.74) is 2.12. The Balaban J connectivity index is 1.34. The summed E-state index contributed by atoms with van der Waals surface area (Å²) in [4.78, 5) is 9.14. The number of nitrogens with zero attached hydrogens (tertiary/aromatic N) is 3. The number of benzene rings is 2. The molecule has 31 heavy (non-hydrogen) atoms. The maximum absolute atomic E-state index is 13.4. The molecule has 162 valence electrons. The minimum atomic E-state index is -0.242. The van der Waals surface area contributed by atoms with Crippen molar-refractivity contribution in [1.29, 1.82) is 0 Å². The summed E-state index contributed by atoms with van der Waals surface area (Å²) in [6.45, 7) is 4.80. The highest BCUT2D eigenvalue weighted by molar-refractivity contribution is 6.29. The van der Waals surface area contributed by atoms with Gasteiger partial charge in [-0.2, -0.15) is 0 Å². The van der Waals surface area contributed by atoms with Gasteiger partial charge in [0.25, 0.3) is 0 Å². The van der Waals surface area contributed by atoms with Crippen LogP contribution in [0.1, 0.15) is 29.9 Å². The van der Waals surface area contributed by atoms with Crippen molar-refractivity contribution in [3.8, 4) is 0 Å². The molecule has 3 aromatic rings. The molecule has 0 aliphatic carbocycles. The zero-order valence-electron chi connectivity index (χ0n) is 17.4. The van der Waals surface area contributed by atoms with Gasteiger partial charge < -0.3 is 4.90 Å². The molecule has 1 saturated heterocycles. The van der Waals surface area contributed by atoms with Gasteiger partial charge in [0.05, 0.1) is 0 Å². The second-order valence-corrected chi connectivity index (χ2v) is 8.33. The van der Waals surface area contributed by atoms with Gasteiger partial charge >= 0.3 is 0 Å². The predicted octanol–water partition coefficient (Wildman–Crippen LogP) is 5.75. The molecule has 1 aliphatic heterocycles. The van der Waals surface area contributed by atoms with Crippen LogP contribution in [0.15, 0.2) is 66.7 Å². The Morgan fingerprint density at radius 1 is 0.806 bits per heavy atom. The summed E-state index contributed by atoms with van der Waals surface area (Å²) < 4.78 is 26.8. The lowest BCUT2D eigenvalue weighted by molar-refractivity contribution is 0.251. The van der Waals surface area contributed by atoms with Crippen molar-refractivity contribution in [2.45, 2.75) is 18.8 Å². The van der Waals surface area contributed by atoms with E-state index in [-0.39, 0.29) is 17.6 Å². The molecule has 2 heterocycles. The molecule has 0 unspecified atom stereocenters. The Labute approximate surface area is 187 Å². The van der Waals surface area contributed by atoms with Crippen molar-refractivity contribution in [3.63, 3.8) is 0 Å². The molecule has 0 radical (unpaired) electrons. The van der Waals surface area contributed by atoms with Crippen molar-refractivity contribution in [2.75, 3.05) is 37.6 Å². The van der Waals surface area contributed by atoms with E-state index in [0.717, 1.165) is 62.5 Å². The third kappa shape index (κ3) is 5.81. The van der Waals surface area contributed by atoms with Gasteiger partial charge in [-0.05, 0) is 66.9 Å². The quantitative estimate of drug-likeness (QED) is 0.435. The molecule has 2 aromatic carbocycles. The molecule has 0 saturated carbocycles. The van der Waals surface area contributed by atoms with Crippen LogP contribution < -0.4 is 4.90 Å². The average Bonchev–Trinajstić information content (AvgIpc) is 2.79. The number of piperazine rings is 1. The van der Waals surface area contributed by atoms with Crippen LogP contribution in [-0.4, -0.2) is 42.6 Å². The van der Waals surface area contributed by atoms with Crippen LogP contribution in [0.3, 0.4) is 0 Å². The van der Waals surface area contributed by atoms with Crippen molar-refractivity contribution >= 4 is 17.4 Å². The van der Waals surface area contributed by atoms with E-state index in [9.17, 15) is 8.78 Å². The predicted molar refractivity (Wildman–Crippen MR) is 122 cm³/mol. The topological polar surface area (TPSA) is 19.4 Å². The maximum Gasteiger partial charge on any atom is 0.131 e. The molecule has 1 aliphatic rings. The van der Waals surface area contributed by atoms with E-state index in [0.29, 0.717) is 5.15 Å². The number of pyridine rings is 1. The van der Waals surface area contributed by atoms with Crippen LogP contribution in [0.25, 0.3) is 0 Å². The summed E-state index contributed by atoms with van der Waals surface area (Å²) >= 11 is 6.02. The molecule has 1 fully saturated rings. The van der Waals surface area contributed by atoms with Gasteiger partial charge in [-0.15, -0.1) is 0 Å². The Morgan fingerprint density at radius 2 is 1.39 bits per heavy atom. The maximum atomic E-state index is 13.4. The minimum Gasteiger partial charge on any atom is -0.354 e. The van der Waals surface area contributed by atoms with Crippen molar-refractivity contribution in [1.82, 2.24) is 9.88 Å². The molecule has 0 bridgehead atoms. The van der Waals surface area contributed by atoms with Gasteiger partial charge in [0.2, 0.25) is 0 Å². The third-order valence-electron chi connectivity index (χ3n) is 5.91. The molecule has 0 N–H and O–H groups in total. The van der Waals surface area contributed by atoms with Gasteiger partial charge in [0.15, 0.2) is 0 Å². The molecular formula is C25H26ClF2N3. The number of anilines is 1. The first-order chi connectivity index (χ1) is 15.1. The lowest BCUT2D eigenvalue weighted by Gasteiger charge is -2.35. The fourth-order valence-electron chi connectivity index (χ4n) is 4.21. The Morgan fingerprint density at radius 3 is 1.94 bits per heavy atom. The SMILES string of the molecule is Fc1ccc(C(CCCN2CCN(c3cccc(Cl)n3)CC2)c2ccc(F)cc2)cc1. The van der Waals surface area contributed by atoms with E-state index >= 15 is 0 Å². The molecule has 0 spiro atoms. The zero-order valence-corrected chi connectivity index (χ0v) is 18.1. The summed E-state index contributed by atoms with van der Waals surface area (Å²) in [7, 11) is 0. The molecule has 0 amide bonds. The number of aromatic nitrogens is 1. The van der Waals surface area contributed by atoms with Crippen LogP contribution in [0.4, 0.5) is 14.6 Å². The smallest absolute Gasteiger partial charge is 0.131 e. The van der Waals surface area contributed by atoms with E-state index in [1.807, 2.05) is 36.4 Å². The first-order valence-electron chi connectivity index (χ1n) is 10.7. The van der Waals surface area contributed by atoms with Crippen molar-refractivity contribution < 1.29 is 8.78 Å². The van der Waals surface area contributed by atoms with E-state index < -0.39 is 0 Å². The van der Waals surface area contributed by atoms with Gasteiger partial charge in [-0.25, -0.2) is 13.8 Å². The van der Waals surface area contributed by atoms with Crippen LogP contribution in [0.5, 0.6) is 0 Å². The lowest BCUT2D eigenvalue weighted by Crippen LogP contribution is -2.47. The second kappa shape index (κ2) is 10.2. The Bertz CT molecular complexity index is 925. The highest BCUT2D eigenvalue weighted by Crippen LogP contribution is 2.30. The number of halogens is 3. The van der Waals surface area contributed by atoms with Crippen LogP contribution in [0.2, 0.25) is 5.15 Å². The Kier molecular flexibility index (Phi) is 7.15. The van der Waals surface area contributed by atoms with Gasteiger partial charge in [-0.3, -0.25) is 4.90 Å². The lowest BCUT2D eigenvalue weighted by atomic mass is 9.87. The highest BCUT2D eigenvalue weighted by atomic mass is 35.5. The summed E-state index contributed by atoms with van der Waals surface area (Å²) in [6.07, 6.45) is 1.93. The second-order valence-electron chi connectivity index (χ2n) is 7.95. The summed E-state index contributed by atoms with van der Waals surface area (Å²) in [5, 5.41) is 0.521. The van der Waals surface area contributed by atoms with Crippen LogP contribution in [0, 0.1) is 11.6 Å². The highest BCUT2D eigenvalue weighted by Gasteiger charge is 2.19. The van der Waals surface area contributed by atoms with Gasteiger partial charge in [-0.1, -0.05) is 41.9 Å². The fraction of sp³-hybridized carbons (Fsp3) is 0.320. The molecule has 4 rings (SSSR count). The first-order valence-corrected chi connectivity index (χ1v) is 11.1. The van der Waals surface area contributed by atoms with Crippen molar-refractivity contribution in [2.24, 2.45) is 0 Å². The average molecular weight is 442 g/mol. The molecule has 0 atom stereocenters. The van der Waals surface area contributed by atoms with E-state index in [1.54, 1.807) is 6.07 Å². The zero-order chi connectivity index (χ0) is 21.6. The van der Waals surface area contributed by atoms with Gasteiger partial charge in [0, 0.05) is 32.1 Å². The van der Waals surface area contributed by atoms with Crippen molar-refractivity contribution in [3.05, 3.63) is 94.6 Å². The van der Waals surface area contributed by atoms with E-state index in [1.165, 1.54) is 24.3 Å². The normalized spacial score (nSPS) is 14.9. The Hall–Kier alpha value is -2.50. The monoisotopic (exact) mass is 441 g/mol. The first kappa shape index (κ1) is 21.7. The number of hydrogen-bond acceptors (Lipinski definition) is 3. The van der Waals surface area contributed by atoms with Crippen LogP contribution >= 0.6 is 11.6 Å². The number of hydrogen-bond donors (Lipinski definition) is 0. The minimum absolute atomic E-state index is 0.123. The molecule has 3 nitrogen and oxygen atoms in total. The van der Waals surface area contributed by atoms with E-state index in [2.05, 4.69) is 14.8 Å². The molecule has 6 heteroatoms. The largest absolute Gasteiger partial charge is 0.354 e. The summed E-state index contributed by atoms with van der Waals surface area (Å²) in [6, 6.07) is 19.0. The standard InChI is InChI=1S/C25H26ClF2N3/c26-24-4-1-5-25(29-24)31-17-15-30(16-18-31)14-2-3-23(19-6-10-21(27)11-7-19)20-8-12-22(28)13-9-20/h1,4-13,23H,2-3,14-18H2. The van der Waals surface area contributed by atoms with E-state index in [4.69, 9.17) is 11.6 Å². The van der Waals surface area contributed by atoms with Gasteiger partial charge in [0.1, 0.15) is 22.6 Å².